The number of hydrogen-bond donors (Lipinski definition) is 0. The quantitative estimate of drug-likeness (QED) is 0.859. The van der Waals surface area contributed by atoms with Crippen LogP contribution in [0.2, 0.25) is 0 Å². The number of methoxy groups -OCH3 is 2. The van der Waals surface area contributed by atoms with Gasteiger partial charge in [0.15, 0.2) is 17.2 Å². The van der Waals surface area contributed by atoms with Gasteiger partial charge in [-0.15, -0.1) is 0 Å². The number of nitrogens with zero attached hydrogens (tertiary/aromatic N) is 1. The molecule has 0 spiro atoms. The van der Waals surface area contributed by atoms with Gasteiger partial charge in [-0.2, -0.15) is 0 Å². The molecule has 116 valence electrons. The first-order valence-corrected chi connectivity index (χ1v) is 6.97. The van der Waals surface area contributed by atoms with E-state index in [1.54, 1.807) is 19.1 Å². The molecule has 5 nitrogen and oxygen atoms in total. The lowest BCUT2D eigenvalue weighted by molar-refractivity contribution is 0.349. The largest absolute Gasteiger partial charge is 0.491 e. The highest BCUT2D eigenvalue weighted by Crippen LogP contribution is 2.35. The molecule has 0 atom stereocenters. The van der Waals surface area contributed by atoms with Gasteiger partial charge in [-0.25, -0.2) is 4.98 Å². The Balaban J connectivity index is 3.08. The lowest BCUT2D eigenvalue weighted by Gasteiger charge is -2.14. The van der Waals surface area contributed by atoms with E-state index in [2.05, 4.69) is 11.6 Å². The van der Waals surface area contributed by atoms with Crippen molar-refractivity contribution in [3.05, 3.63) is 39.2 Å². The molecule has 1 aliphatic carbocycles. The lowest BCUT2D eigenvalue weighted by atomic mass is 10.1. The van der Waals surface area contributed by atoms with Gasteiger partial charge in [0.1, 0.15) is 10.8 Å². The van der Waals surface area contributed by atoms with Gasteiger partial charge >= 0.3 is 0 Å². The molecule has 0 saturated heterocycles. The average Bonchev–Trinajstić information content (AvgIpc) is 2.52. The highest BCUT2D eigenvalue weighted by Gasteiger charge is 2.25. The van der Waals surface area contributed by atoms with E-state index in [0.29, 0.717) is 27.8 Å². The van der Waals surface area contributed by atoms with Gasteiger partial charge in [-0.05, 0) is 25.5 Å². The zero-order valence-corrected chi connectivity index (χ0v) is 13.2. The number of aromatic nitrogens is 1. The third-order valence-corrected chi connectivity index (χ3v) is 3.29. The van der Waals surface area contributed by atoms with Crippen molar-refractivity contribution in [1.29, 1.82) is 0 Å². The molecule has 0 amide bonds. The molecule has 2 aliphatic rings. The SMILES string of the molecule is C=C/C=c1/nc2c(OC)c(OC)c(=O)c(C)c-2o/c1=C/CC. The molecule has 5 heteroatoms. The molecule has 1 heterocycles. The summed E-state index contributed by atoms with van der Waals surface area (Å²) in [6.07, 6.45) is 6.07. The molecule has 0 bridgehead atoms. The second kappa shape index (κ2) is 6.47. The molecule has 0 aromatic carbocycles. The molecular weight excluding hydrogens is 282 g/mol. The average molecular weight is 301 g/mol. The van der Waals surface area contributed by atoms with Crippen LogP contribution in [0.3, 0.4) is 0 Å². The van der Waals surface area contributed by atoms with Gasteiger partial charge in [0, 0.05) is 5.56 Å². The fourth-order valence-electron chi connectivity index (χ4n) is 2.27. The van der Waals surface area contributed by atoms with E-state index in [0.717, 1.165) is 6.42 Å². The van der Waals surface area contributed by atoms with Crippen molar-refractivity contribution >= 4 is 12.2 Å². The van der Waals surface area contributed by atoms with E-state index in [1.807, 2.05) is 13.0 Å². The van der Waals surface area contributed by atoms with Crippen LogP contribution in [0.15, 0.2) is 21.9 Å². The Kier molecular flexibility index (Phi) is 4.65. The molecular formula is C17H19NO4. The summed E-state index contributed by atoms with van der Waals surface area (Å²) in [5.74, 6) is 0.814. The zero-order valence-electron chi connectivity index (χ0n) is 13.2. The van der Waals surface area contributed by atoms with E-state index >= 15 is 0 Å². The van der Waals surface area contributed by atoms with Crippen molar-refractivity contribution in [1.82, 2.24) is 4.98 Å². The normalized spacial score (nSPS) is 12.7. The minimum Gasteiger partial charge on any atom is -0.491 e. The summed E-state index contributed by atoms with van der Waals surface area (Å²) >= 11 is 0. The molecule has 0 aromatic rings. The number of hydrogen-bond acceptors (Lipinski definition) is 5. The summed E-state index contributed by atoms with van der Waals surface area (Å²) in [5, 5.41) is 0.628. The minimum absolute atomic E-state index is 0.131. The Morgan fingerprint density at radius 3 is 2.50 bits per heavy atom. The van der Waals surface area contributed by atoms with Gasteiger partial charge in [0.05, 0.1) is 14.2 Å². The summed E-state index contributed by atoms with van der Waals surface area (Å²) in [4.78, 5) is 16.9. The summed E-state index contributed by atoms with van der Waals surface area (Å²) in [7, 11) is 2.90. The molecule has 0 aromatic heterocycles. The van der Waals surface area contributed by atoms with Crippen LogP contribution in [0, 0.1) is 6.92 Å². The molecule has 0 fully saturated rings. The predicted octanol–water partition coefficient (Wildman–Crippen LogP) is 1.62. The number of fused-ring (bicyclic) bond motifs is 1. The van der Waals surface area contributed by atoms with Gasteiger partial charge < -0.3 is 13.9 Å². The topological polar surface area (TPSA) is 61.6 Å². The molecule has 0 saturated carbocycles. The third kappa shape index (κ3) is 2.50. The van der Waals surface area contributed by atoms with Crippen LogP contribution in [0.25, 0.3) is 23.6 Å². The number of rotatable bonds is 4. The highest BCUT2D eigenvalue weighted by atomic mass is 16.5. The van der Waals surface area contributed by atoms with E-state index < -0.39 is 0 Å². The van der Waals surface area contributed by atoms with Gasteiger partial charge in [0.2, 0.25) is 11.2 Å². The number of allylic oxidation sites excluding steroid dienone is 1. The monoisotopic (exact) mass is 301 g/mol. The predicted molar refractivity (Wildman–Crippen MR) is 85.9 cm³/mol. The lowest BCUT2D eigenvalue weighted by Crippen LogP contribution is -2.30. The van der Waals surface area contributed by atoms with Crippen LogP contribution in [-0.2, 0) is 0 Å². The number of benzene rings is 1. The fraction of sp³-hybridized carbons (Fsp3) is 0.294. The molecule has 2 rings (SSSR count). The van der Waals surface area contributed by atoms with Crippen molar-refractivity contribution < 1.29 is 13.9 Å². The molecule has 22 heavy (non-hydrogen) atoms. The van der Waals surface area contributed by atoms with E-state index in [4.69, 9.17) is 13.9 Å². The van der Waals surface area contributed by atoms with Crippen LogP contribution in [0.4, 0.5) is 0 Å². The second-order valence-corrected chi connectivity index (χ2v) is 4.68. The molecule has 1 aliphatic heterocycles. The van der Waals surface area contributed by atoms with Gasteiger partial charge in [-0.1, -0.05) is 19.6 Å². The first-order chi connectivity index (χ1) is 10.6. The maximum absolute atomic E-state index is 12.3. The van der Waals surface area contributed by atoms with Crippen LogP contribution < -0.4 is 25.7 Å². The summed E-state index contributed by atoms with van der Waals surface area (Å²) in [5.41, 5.74) is 1.23. The smallest absolute Gasteiger partial charge is 0.231 e. The van der Waals surface area contributed by atoms with Crippen molar-refractivity contribution in [2.45, 2.75) is 20.3 Å². The third-order valence-electron chi connectivity index (χ3n) is 3.29. The van der Waals surface area contributed by atoms with Crippen LogP contribution in [-0.4, -0.2) is 19.2 Å². The van der Waals surface area contributed by atoms with Gasteiger partial charge in [0.25, 0.3) is 0 Å². The summed E-state index contributed by atoms with van der Waals surface area (Å²) in [6.45, 7) is 7.37. The van der Waals surface area contributed by atoms with E-state index in [1.165, 1.54) is 14.2 Å². The van der Waals surface area contributed by atoms with Crippen molar-refractivity contribution in [3.63, 3.8) is 0 Å². The van der Waals surface area contributed by atoms with Crippen molar-refractivity contribution in [3.8, 4) is 23.0 Å². The Labute approximate surface area is 128 Å². The molecule has 0 unspecified atom stereocenters. The maximum atomic E-state index is 12.3. The maximum Gasteiger partial charge on any atom is 0.231 e. The number of ether oxygens (including phenoxy) is 2. The highest BCUT2D eigenvalue weighted by molar-refractivity contribution is 5.71. The Morgan fingerprint density at radius 1 is 1.27 bits per heavy atom. The van der Waals surface area contributed by atoms with Crippen LogP contribution in [0.1, 0.15) is 18.9 Å². The first kappa shape index (κ1) is 15.8. The van der Waals surface area contributed by atoms with Crippen molar-refractivity contribution in [2.75, 3.05) is 14.2 Å². The van der Waals surface area contributed by atoms with Gasteiger partial charge in [-0.3, -0.25) is 4.79 Å². The molecule has 0 radical (unpaired) electrons. The summed E-state index contributed by atoms with van der Waals surface area (Å²) < 4.78 is 16.4. The second-order valence-electron chi connectivity index (χ2n) is 4.68. The van der Waals surface area contributed by atoms with Crippen LogP contribution >= 0.6 is 0 Å². The van der Waals surface area contributed by atoms with Crippen molar-refractivity contribution in [2.24, 2.45) is 0 Å². The summed E-state index contributed by atoms with van der Waals surface area (Å²) in [6, 6.07) is 0. The Bertz CT molecular complexity index is 849. The zero-order chi connectivity index (χ0) is 16.3. The van der Waals surface area contributed by atoms with E-state index in [-0.39, 0.29) is 16.9 Å². The molecule has 0 N–H and O–H groups in total. The Morgan fingerprint density at radius 2 is 1.95 bits per heavy atom. The fourth-order valence-corrected chi connectivity index (χ4v) is 2.27. The first-order valence-electron chi connectivity index (χ1n) is 6.97. The minimum atomic E-state index is -0.264. The Hall–Kier alpha value is -2.56. The van der Waals surface area contributed by atoms with Crippen LogP contribution in [0.5, 0.6) is 11.5 Å². The standard InChI is InChI=1S/C17H19NO4/c1-6-8-11-12(9-7-2)22-15-10(3)14(19)17(21-5)16(20-4)13(15)18-11/h6,8-9H,1,7H2,2-5H3/b11-8+,12-9+. The van der Waals surface area contributed by atoms with E-state index in [9.17, 15) is 4.79 Å².